The quantitative estimate of drug-likeness (QED) is 0.138. The number of ketones is 1. The monoisotopic (exact) mass is 918 g/mol. The molecule has 20 atom stereocenters. The molecule has 0 aromatic heterocycles. The molecule has 0 bridgehead atoms. The number of hydrogen-bond acceptors (Lipinski definition) is 17. The van der Waals surface area contributed by atoms with Gasteiger partial charge in [-0.25, -0.2) is 4.79 Å². The minimum absolute atomic E-state index is 0.0342. The second kappa shape index (κ2) is 18.0. The number of ether oxygens (including phenoxy) is 9. The van der Waals surface area contributed by atoms with E-state index >= 15 is 0 Å². The highest BCUT2D eigenvalue weighted by molar-refractivity contribution is 5.90. The lowest BCUT2D eigenvalue weighted by Crippen LogP contribution is -2.78. The van der Waals surface area contributed by atoms with Gasteiger partial charge in [-0.05, 0) is 109 Å². The second-order valence-electron chi connectivity index (χ2n) is 20.3. The molecule has 8 rings (SSSR count). The number of fused-ring (bicyclic) bond motifs is 5. The molecular formula is C48H70O17. The van der Waals surface area contributed by atoms with Gasteiger partial charge in [-0.1, -0.05) is 18.6 Å². The van der Waals surface area contributed by atoms with Crippen LogP contribution in [0.15, 0.2) is 35.9 Å². The fourth-order valence-electron chi connectivity index (χ4n) is 13.0. The van der Waals surface area contributed by atoms with Crippen molar-refractivity contribution in [3.8, 4) is 5.75 Å². The van der Waals surface area contributed by atoms with E-state index in [1.165, 1.54) is 31.2 Å². The van der Waals surface area contributed by atoms with Crippen molar-refractivity contribution >= 4 is 11.8 Å². The summed E-state index contributed by atoms with van der Waals surface area (Å²) in [6.07, 6.45) is -4.56. The highest BCUT2D eigenvalue weighted by atomic mass is 16.7. The second-order valence-corrected chi connectivity index (χ2v) is 20.3. The average molecular weight is 919 g/mol. The van der Waals surface area contributed by atoms with Gasteiger partial charge in [0.2, 0.25) is 0 Å². The van der Waals surface area contributed by atoms with E-state index in [2.05, 4.69) is 6.92 Å². The zero-order chi connectivity index (χ0) is 47.0. The van der Waals surface area contributed by atoms with Crippen LogP contribution in [0.2, 0.25) is 0 Å². The molecule has 17 nitrogen and oxygen atoms in total. The summed E-state index contributed by atoms with van der Waals surface area (Å²) in [4.78, 5) is 26.9. The molecule has 364 valence electrons. The summed E-state index contributed by atoms with van der Waals surface area (Å²) in [6.45, 7) is 10.3. The summed E-state index contributed by atoms with van der Waals surface area (Å²) >= 11 is 0. The highest BCUT2D eigenvalue weighted by Gasteiger charge is 2.81. The molecule has 6 fully saturated rings. The number of phenolic OH excluding ortho intramolecular Hbond substituents is 1. The summed E-state index contributed by atoms with van der Waals surface area (Å²) in [5.41, 5.74) is -7.13. The van der Waals surface area contributed by atoms with Gasteiger partial charge in [0.05, 0.1) is 53.7 Å². The van der Waals surface area contributed by atoms with E-state index in [4.69, 9.17) is 42.6 Å². The molecule has 0 unspecified atom stereocenters. The van der Waals surface area contributed by atoms with Crippen LogP contribution in [0.5, 0.6) is 5.75 Å². The van der Waals surface area contributed by atoms with Crippen molar-refractivity contribution in [3.63, 3.8) is 0 Å². The largest absolute Gasteiger partial charge is 0.508 e. The minimum Gasteiger partial charge on any atom is -0.508 e. The fourth-order valence-corrected chi connectivity index (χ4v) is 13.0. The Bertz CT molecular complexity index is 1920. The van der Waals surface area contributed by atoms with Crippen molar-refractivity contribution in [2.24, 2.45) is 16.7 Å². The molecule has 3 saturated carbocycles. The molecule has 0 spiro atoms. The number of methoxy groups -OCH3 is 2. The molecule has 1 aromatic carbocycles. The summed E-state index contributed by atoms with van der Waals surface area (Å²) in [7, 11) is 3.14. The zero-order valence-corrected chi connectivity index (χ0v) is 38.8. The van der Waals surface area contributed by atoms with Crippen LogP contribution in [-0.2, 0) is 47.4 Å². The van der Waals surface area contributed by atoms with Crippen molar-refractivity contribution < 1.29 is 82.9 Å². The predicted molar refractivity (Wildman–Crippen MR) is 228 cm³/mol. The number of Topliss-reactive ketones (excluding diaryl/α,β-unsaturated/α-hetero) is 1. The number of hydrogen-bond donors (Lipinski definition) is 6. The van der Waals surface area contributed by atoms with E-state index in [1.807, 2.05) is 19.9 Å². The third kappa shape index (κ3) is 8.11. The average Bonchev–Trinajstić information content (AvgIpc) is 3.49. The molecule has 3 saturated heterocycles. The lowest BCUT2D eigenvalue weighted by Gasteiger charge is -2.67. The lowest BCUT2D eigenvalue weighted by molar-refractivity contribution is -0.337. The smallest absolute Gasteiger partial charge is 0.338 e. The van der Waals surface area contributed by atoms with Gasteiger partial charge in [-0.2, -0.15) is 0 Å². The Balaban J connectivity index is 0.915. The van der Waals surface area contributed by atoms with Crippen molar-refractivity contribution in [1.82, 2.24) is 0 Å². The highest BCUT2D eigenvalue weighted by Crippen LogP contribution is 2.71. The number of carbonyl (C=O) groups excluding carboxylic acids is 2. The molecule has 6 N–H and O–H groups in total. The molecule has 7 aliphatic rings. The molecule has 0 amide bonds. The number of aliphatic hydroxyl groups is 5. The van der Waals surface area contributed by atoms with Crippen molar-refractivity contribution in [2.45, 2.75) is 209 Å². The summed E-state index contributed by atoms with van der Waals surface area (Å²) in [6, 6.07) is 5.55. The zero-order valence-electron chi connectivity index (χ0n) is 38.8. The van der Waals surface area contributed by atoms with Gasteiger partial charge in [-0.3, -0.25) is 4.79 Å². The molecule has 17 heteroatoms. The maximum absolute atomic E-state index is 13.7. The minimum atomic E-state index is -2.08. The topological polar surface area (TPSA) is 239 Å². The predicted octanol–water partition coefficient (Wildman–Crippen LogP) is 3.35. The SMILES string of the molecule is CO[C@H]1C[C@H](O[C@H]2[C@@H](O)C[C@H](O[C@H]3CC[C@@]4(C)C(=CC[C@]5(O)[C@@H]4C[C@@H](OC(=O)c4ccc(O)cc4)[C@@]4(C)[C@]5(O)CC[C@@]4(O)C(C)=O)C3)O[C@@H]2C)O[C@H](C)[C@H]1O[C@H]1C[C@@H](OC)[C@H](O)[C@@H](C)O1. The van der Waals surface area contributed by atoms with Crippen LogP contribution in [0.3, 0.4) is 0 Å². The van der Waals surface area contributed by atoms with Gasteiger partial charge >= 0.3 is 5.97 Å². The first kappa shape index (κ1) is 48.8. The first-order valence-corrected chi connectivity index (χ1v) is 23.3. The number of phenols is 1. The molecule has 3 aliphatic heterocycles. The number of benzene rings is 1. The Morgan fingerprint density at radius 1 is 0.754 bits per heavy atom. The number of rotatable bonds is 11. The first-order valence-electron chi connectivity index (χ1n) is 23.3. The van der Waals surface area contributed by atoms with Crippen LogP contribution < -0.4 is 0 Å². The summed E-state index contributed by atoms with van der Waals surface area (Å²) in [5.74, 6) is -1.98. The summed E-state index contributed by atoms with van der Waals surface area (Å²) < 4.78 is 55.3. The van der Waals surface area contributed by atoms with Crippen molar-refractivity contribution in [2.75, 3.05) is 14.2 Å². The van der Waals surface area contributed by atoms with E-state index in [1.54, 1.807) is 28.1 Å². The number of aromatic hydroxyl groups is 1. The van der Waals surface area contributed by atoms with Crippen LogP contribution in [0, 0.1) is 16.7 Å². The Kier molecular flexibility index (Phi) is 13.5. The van der Waals surface area contributed by atoms with Gasteiger partial charge in [-0.15, -0.1) is 0 Å². The maximum Gasteiger partial charge on any atom is 0.338 e. The first-order chi connectivity index (χ1) is 30.6. The van der Waals surface area contributed by atoms with Gasteiger partial charge in [0, 0.05) is 39.4 Å². The number of carbonyl (C=O) groups is 2. The third-order valence-electron chi connectivity index (χ3n) is 17.0. The van der Waals surface area contributed by atoms with Crippen LogP contribution >= 0.6 is 0 Å². The van der Waals surface area contributed by atoms with E-state index < -0.39 is 125 Å². The van der Waals surface area contributed by atoms with Gasteiger partial charge in [0.15, 0.2) is 24.7 Å². The van der Waals surface area contributed by atoms with Gasteiger partial charge in [0.25, 0.3) is 0 Å². The fraction of sp³-hybridized carbons (Fsp3) is 0.792. The molecule has 65 heavy (non-hydrogen) atoms. The standard InChI is InChI=1S/C48H70O17/c1-24-40(52)33(57-7)21-38(59-24)65-42-26(3)61-39(22-34(42)58-8)64-41-25(2)60-37(20-32(41)51)62-31-14-15-44(5)29(19-31)13-16-47(55)35(44)23-36(63-43(53)28-9-11-30(50)12-10-28)45(6)46(54,27(4)49)17-18-48(45,47)56/h9-13,24-26,31-42,50-52,54-56H,14-23H2,1-8H3/t24-,25-,26-,31+,32+,33-,34+,35-,36-,37+,38+,39+,40-,41-,42-,44+,45-,46-,47+,48-/m1/s1. The molecule has 0 radical (unpaired) electrons. The van der Waals surface area contributed by atoms with E-state index in [-0.39, 0.29) is 49.5 Å². The lowest BCUT2D eigenvalue weighted by atomic mass is 9.42. The van der Waals surface area contributed by atoms with E-state index in [0.717, 1.165) is 5.57 Å². The molecule has 3 heterocycles. The third-order valence-corrected chi connectivity index (χ3v) is 17.0. The van der Waals surface area contributed by atoms with Gasteiger partial charge in [0.1, 0.15) is 47.0 Å². The Morgan fingerprint density at radius 2 is 1.35 bits per heavy atom. The number of esters is 1. The van der Waals surface area contributed by atoms with Crippen LogP contribution in [0.25, 0.3) is 0 Å². The van der Waals surface area contributed by atoms with E-state index in [0.29, 0.717) is 32.1 Å². The Morgan fingerprint density at radius 3 is 1.98 bits per heavy atom. The normalized spacial score (nSPS) is 48.6. The van der Waals surface area contributed by atoms with E-state index in [9.17, 15) is 40.2 Å². The molecule has 1 aromatic rings. The van der Waals surface area contributed by atoms with Gasteiger partial charge < -0.3 is 73.3 Å². The Hall–Kier alpha value is -2.62. The van der Waals surface area contributed by atoms with Crippen molar-refractivity contribution in [1.29, 1.82) is 0 Å². The van der Waals surface area contributed by atoms with Crippen LogP contribution in [-0.4, -0.2) is 159 Å². The Labute approximate surface area is 380 Å². The van der Waals surface area contributed by atoms with Crippen molar-refractivity contribution in [3.05, 3.63) is 41.5 Å². The molecular weight excluding hydrogens is 849 g/mol. The number of aliphatic hydroxyl groups excluding tert-OH is 2. The van der Waals surface area contributed by atoms with Crippen LogP contribution in [0.1, 0.15) is 116 Å². The van der Waals surface area contributed by atoms with Crippen LogP contribution in [0.4, 0.5) is 0 Å². The molecule has 4 aliphatic carbocycles. The summed E-state index contributed by atoms with van der Waals surface area (Å²) in [5, 5.41) is 69.5. The maximum atomic E-state index is 13.7.